The maximum Gasteiger partial charge on any atom is 0.416 e. The summed E-state index contributed by atoms with van der Waals surface area (Å²) in [6.07, 6.45) is 3.91. The largest absolute Gasteiger partial charge is 0.416 e. The van der Waals surface area contributed by atoms with Crippen LogP contribution in [0.15, 0.2) is 54.6 Å². The highest BCUT2D eigenvalue weighted by molar-refractivity contribution is 5.91. The van der Waals surface area contributed by atoms with Gasteiger partial charge in [0.25, 0.3) is 0 Å². The van der Waals surface area contributed by atoms with E-state index >= 15 is 0 Å². The van der Waals surface area contributed by atoms with Crippen molar-refractivity contribution < 1.29 is 13.2 Å². The van der Waals surface area contributed by atoms with Crippen LogP contribution in [-0.4, -0.2) is 18.1 Å². The summed E-state index contributed by atoms with van der Waals surface area (Å²) in [4.78, 5) is 6.77. The van der Waals surface area contributed by atoms with Crippen molar-refractivity contribution in [2.45, 2.75) is 38.3 Å². The number of halogens is 3. The Morgan fingerprint density at radius 3 is 2.48 bits per heavy atom. The predicted molar refractivity (Wildman–Crippen MR) is 110 cm³/mol. The molecule has 4 rings (SSSR count). The molecule has 2 aromatic carbocycles. The molecule has 0 aliphatic carbocycles. The summed E-state index contributed by atoms with van der Waals surface area (Å²) < 4.78 is 37.9. The number of aromatic nitrogens is 1. The maximum absolute atomic E-state index is 12.6. The fourth-order valence-electron chi connectivity index (χ4n) is 4.23. The summed E-state index contributed by atoms with van der Waals surface area (Å²) in [5, 5.41) is 1.17. The number of piperidine rings is 1. The number of aryl methyl sites for hydroxylation is 1. The van der Waals surface area contributed by atoms with Crippen LogP contribution in [0.1, 0.15) is 36.8 Å². The molecule has 0 saturated carbocycles. The molecule has 1 aliphatic rings. The smallest absolute Gasteiger partial charge is 0.371 e. The van der Waals surface area contributed by atoms with Gasteiger partial charge in [0.1, 0.15) is 0 Å². The van der Waals surface area contributed by atoms with Crippen molar-refractivity contribution in [1.82, 2.24) is 4.98 Å². The van der Waals surface area contributed by atoms with Crippen molar-refractivity contribution in [2.24, 2.45) is 5.92 Å². The van der Waals surface area contributed by atoms with Gasteiger partial charge >= 0.3 is 6.18 Å². The second-order valence-electron chi connectivity index (χ2n) is 7.80. The lowest BCUT2D eigenvalue weighted by atomic mass is 9.90. The van der Waals surface area contributed by atoms with Gasteiger partial charge in [0.2, 0.25) is 0 Å². The Morgan fingerprint density at radius 2 is 1.76 bits per heavy atom. The molecular weight excluding hydrogens is 373 g/mol. The number of hydrogen-bond donors (Lipinski definition) is 0. The maximum atomic E-state index is 12.6. The van der Waals surface area contributed by atoms with E-state index in [-0.39, 0.29) is 0 Å². The van der Waals surface area contributed by atoms with Gasteiger partial charge in [0, 0.05) is 24.2 Å². The molecule has 1 radical (unpaired) electrons. The molecular formula is C24H24F3N2. The minimum Gasteiger partial charge on any atom is -0.371 e. The van der Waals surface area contributed by atoms with Gasteiger partial charge in [-0.1, -0.05) is 18.2 Å². The standard InChI is InChI=1S/C24H24F3N2/c25-24(26,27)20-11-9-18(10-12-20)4-1-5-19-13-16-29(17-14-19)23-8-2-7-22-21(23)6-3-15-28-22/h2-3,6-12,19H,1,4-5,13-14,16-17H2. The second kappa shape index (κ2) is 8.44. The molecule has 1 saturated heterocycles. The summed E-state index contributed by atoms with van der Waals surface area (Å²) in [5.41, 5.74) is 2.63. The highest BCUT2D eigenvalue weighted by Gasteiger charge is 2.29. The second-order valence-corrected chi connectivity index (χ2v) is 7.80. The van der Waals surface area contributed by atoms with Crippen LogP contribution in [0.3, 0.4) is 0 Å². The SMILES string of the molecule is FC(F)(F)c1ccc(CCCC2CCN(c3cccc4n[c]ccc34)CC2)cc1. The van der Waals surface area contributed by atoms with Crippen LogP contribution in [0.25, 0.3) is 10.9 Å². The lowest BCUT2D eigenvalue weighted by molar-refractivity contribution is -0.137. The molecule has 0 bridgehead atoms. The van der Waals surface area contributed by atoms with Crippen LogP contribution in [0.5, 0.6) is 0 Å². The van der Waals surface area contributed by atoms with Gasteiger partial charge < -0.3 is 4.90 Å². The quantitative estimate of drug-likeness (QED) is 0.503. The number of pyridine rings is 1. The molecule has 0 unspecified atom stereocenters. The van der Waals surface area contributed by atoms with Crippen LogP contribution in [-0.2, 0) is 12.6 Å². The van der Waals surface area contributed by atoms with E-state index in [0.29, 0.717) is 5.92 Å². The van der Waals surface area contributed by atoms with Crippen LogP contribution in [0, 0.1) is 12.1 Å². The van der Waals surface area contributed by atoms with Crippen molar-refractivity contribution in [3.63, 3.8) is 0 Å². The minimum absolute atomic E-state index is 0.574. The van der Waals surface area contributed by atoms with E-state index in [0.717, 1.165) is 56.3 Å². The van der Waals surface area contributed by atoms with Gasteiger partial charge in [-0.05, 0) is 80.0 Å². The Morgan fingerprint density at radius 1 is 1.00 bits per heavy atom. The van der Waals surface area contributed by atoms with Crippen molar-refractivity contribution in [2.75, 3.05) is 18.0 Å². The predicted octanol–water partition coefficient (Wildman–Crippen LogP) is 6.29. The molecule has 3 aromatic rings. The molecule has 1 aliphatic heterocycles. The van der Waals surface area contributed by atoms with Crippen LogP contribution in [0.4, 0.5) is 18.9 Å². The molecule has 151 valence electrons. The third kappa shape index (κ3) is 4.72. The highest BCUT2D eigenvalue weighted by atomic mass is 19.4. The number of benzene rings is 2. The Bertz CT molecular complexity index is 937. The van der Waals surface area contributed by atoms with Crippen molar-refractivity contribution >= 4 is 16.6 Å². The Kier molecular flexibility index (Phi) is 5.74. The van der Waals surface area contributed by atoms with Crippen LogP contribution in [0.2, 0.25) is 0 Å². The monoisotopic (exact) mass is 397 g/mol. The van der Waals surface area contributed by atoms with Crippen LogP contribution < -0.4 is 4.90 Å². The zero-order chi connectivity index (χ0) is 20.3. The van der Waals surface area contributed by atoms with E-state index in [1.54, 1.807) is 12.1 Å². The Hall–Kier alpha value is -2.56. The molecule has 29 heavy (non-hydrogen) atoms. The number of hydrogen-bond acceptors (Lipinski definition) is 2. The molecule has 1 aromatic heterocycles. The molecule has 1 fully saturated rings. The van der Waals surface area contributed by atoms with E-state index < -0.39 is 11.7 Å². The lowest BCUT2D eigenvalue weighted by Gasteiger charge is -2.34. The van der Waals surface area contributed by atoms with Gasteiger partial charge in [0.15, 0.2) is 0 Å². The Labute approximate surface area is 169 Å². The normalized spacial score (nSPS) is 15.8. The van der Waals surface area contributed by atoms with E-state index in [4.69, 9.17) is 0 Å². The topological polar surface area (TPSA) is 16.1 Å². The first kappa shape index (κ1) is 19.7. The fourth-order valence-corrected chi connectivity index (χ4v) is 4.23. The van der Waals surface area contributed by atoms with Crippen molar-refractivity contribution in [3.8, 4) is 0 Å². The van der Waals surface area contributed by atoms with Gasteiger partial charge in [-0.3, -0.25) is 0 Å². The van der Waals surface area contributed by atoms with E-state index in [2.05, 4.69) is 34.3 Å². The molecule has 0 N–H and O–H groups in total. The van der Waals surface area contributed by atoms with Crippen LogP contribution >= 0.6 is 0 Å². The number of alkyl halides is 3. The minimum atomic E-state index is -4.26. The third-order valence-corrected chi connectivity index (χ3v) is 5.88. The molecule has 2 nitrogen and oxygen atoms in total. The van der Waals surface area contributed by atoms with E-state index in [1.807, 2.05) is 12.1 Å². The first-order chi connectivity index (χ1) is 14.0. The zero-order valence-corrected chi connectivity index (χ0v) is 16.3. The summed E-state index contributed by atoms with van der Waals surface area (Å²) in [6.45, 7) is 2.06. The average molecular weight is 397 g/mol. The molecule has 0 spiro atoms. The summed E-state index contributed by atoms with van der Waals surface area (Å²) in [6, 6.07) is 15.8. The van der Waals surface area contributed by atoms with Gasteiger partial charge in [0.05, 0.1) is 17.3 Å². The van der Waals surface area contributed by atoms with Crippen molar-refractivity contribution in [3.05, 3.63) is 71.9 Å². The van der Waals surface area contributed by atoms with E-state index in [1.165, 1.54) is 23.2 Å². The number of nitrogens with zero attached hydrogens (tertiary/aromatic N) is 2. The number of fused-ring (bicyclic) bond motifs is 1. The first-order valence-corrected chi connectivity index (χ1v) is 10.2. The number of anilines is 1. The first-order valence-electron chi connectivity index (χ1n) is 10.2. The number of rotatable bonds is 5. The lowest BCUT2D eigenvalue weighted by Crippen LogP contribution is -2.33. The summed E-state index contributed by atoms with van der Waals surface area (Å²) in [5.74, 6) is 0.683. The zero-order valence-electron chi connectivity index (χ0n) is 16.3. The molecule has 0 atom stereocenters. The van der Waals surface area contributed by atoms with E-state index in [9.17, 15) is 13.2 Å². The molecule has 2 heterocycles. The summed E-state index contributed by atoms with van der Waals surface area (Å²) >= 11 is 0. The summed E-state index contributed by atoms with van der Waals surface area (Å²) in [7, 11) is 0. The van der Waals surface area contributed by atoms with Crippen molar-refractivity contribution in [1.29, 1.82) is 0 Å². The molecule has 0 amide bonds. The van der Waals surface area contributed by atoms with Gasteiger partial charge in [-0.25, -0.2) is 4.98 Å². The average Bonchev–Trinajstić information content (AvgIpc) is 2.74. The molecule has 5 heteroatoms. The highest BCUT2D eigenvalue weighted by Crippen LogP contribution is 2.32. The van der Waals surface area contributed by atoms with Gasteiger partial charge in [-0.15, -0.1) is 0 Å². The Balaban J connectivity index is 1.27. The fraction of sp³-hybridized carbons (Fsp3) is 0.375. The van der Waals surface area contributed by atoms with Gasteiger partial charge in [-0.2, -0.15) is 13.2 Å². The third-order valence-electron chi connectivity index (χ3n) is 5.88.